The molecule has 69 heavy (non-hydrogen) atoms. The first kappa shape index (κ1) is 56.6. The van der Waals surface area contributed by atoms with E-state index in [1.54, 1.807) is 28.9 Å². The van der Waals surface area contributed by atoms with Gasteiger partial charge in [-0.25, -0.2) is 9.48 Å². The average molecular weight is 998 g/mol. The van der Waals surface area contributed by atoms with E-state index in [-0.39, 0.29) is 45.1 Å². The van der Waals surface area contributed by atoms with Gasteiger partial charge in [-0.15, -0.1) is 5.10 Å². The number of benzene rings is 1. The van der Waals surface area contributed by atoms with Crippen LogP contribution in [-0.2, 0) is 76.6 Å². The fourth-order valence-corrected chi connectivity index (χ4v) is 7.17. The molecular formula is C44H64ClN7O17. The number of hydrogen-bond donors (Lipinski definition) is 8. The minimum Gasteiger partial charge on any atom is -0.477 e. The Morgan fingerprint density at radius 2 is 1.46 bits per heavy atom. The number of carbonyl (C=O) groups is 6. The van der Waals surface area contributed by atoms with Crippen LogP contribution in [0.15, 0.2) is 42.6 Å². The third kappa shape index (κ3) is 20.1. The molecule has 4 rings (SSSR count). The van der Waals surface area contributed by atoms with Crippen LogP contribution in [0.3, 0.4) is 0 Å². The highest BCUT2D eigenvalue weighted by Gasteiger charge is 2.55. The van der Waals surface area contributed by atoms with Gasteiger partial charge in [-0.1, -0.05) is 41.8 Å². The van der Waals surface area contributed by atoms with Crippen molar-refractivity contribution in [2.24, 2.45) is 0 Å². The topological polar surface area (TPSA) is 329 Å². The van der Waals surface area contributed by atoms with Crippen molar-refractivity contribution in [2.45, 2.75) is 94.2 Å². The monoisotopic (exact) mass is 997 g/mol. The van der Waals surface area contributed by atoms with Crippen LogP contribution in [0, 0.1) is 0 Å². The first-order valence-corrected chi connectivity index (χ1v) is 23.1. The molecule has 25 heteroatoms. The number of carboxylic acids is 1. The highest BCUT2D eigenvalue weighted by Crippen LogP contribution is 2.34. The van der Waals surface area contributed by atoms with E-state index in [1.807, 2.05) is 6.20 Å². The smallest absolute Gasteiger partial charge is 0.364 e. The Balaban J connectivity index is 1.03. The first-order chi connectivity index (χ1) is 33.2. The maximum Gasteiger partial charge on any atom is 0.364 e. The van der Waals surface area contributed by atoms with E-state index in [4.69, 9.17) is 40.0 Å². The molecule has 0 radical (unpaired) electrons. The van der Waals surface area contributed by atoms with Crippen LogP contribution < -0.4 is 16.0 Å². The van der Waals surface area contributed by atoms with Crippen LogP contribution in [0.1, 0.15) is 49.8 Å². The summed E-state index contributed by atoms with van der Waals surface area (Å²) in [6.07, 6.45) is -0.232. The molecule has 2 aliphatic heterocycles. The lowest BCUT2D eigenvalue weighted by molar-refractivity contribution is -0.310. The van der Waals surface area contributed by atoms with Crippen molar-refractivity contribution in [3.05, 3.63) is 58.9 Å². The van der Waals surface area contributed by atoms with Crippen molar-refractivity contribution in [1.29, 1.82) is 0 Å². The van der Waals surface area contributed by atoms with Crippen molar-refractivity contribution < 1.29 is 82.7 Å². The quantitative estimate of drug-likeness (QED) is 0.0275. The summed E-state index contributed by atoms with van der Waals surface area (Å²) in [5.41, 5.74) is 1.42. The SMILES string of the molecule is O=C(CCOCCOCCOCCOCCn1cc(CCCCCCO[C@]2(C(=O)O)C[C@H](O)[C@@H](NC(=O)CO)[C@H]([C@H](O)[C@H](O)CNC(=O)Cc3ccc(Cl)cc3)O2)nn1)NCCN1C(=O)C=CC1=O. The molecule has 8 N–H and O–H groups in total. The van der Waals surface area contributed by atoms with Gasteiger partial charge in [0.25, 0.3) is 17.6 Å². The number of rotatable bonds is 35. The second-order valence-corrected chi connectivity index (χ2v) is 16.5. The Kier molecular flexibility index (Phi) is 25.1. The number of aliphatic hydroxyl groups is 4. The van der Waals surface area contributed by atoms with Crippen LogP contribution in [0.5, 0.6) is 0 Å². The zero-order chi connectivity index (χ0) is 50.0. The molecule has 0 bridgehead atoms. The molecule has 1 aromatic carbocycles. The van der Waals surface area contributed by atoms with Crippen LogP contribution in [0.4, 0.5) is 0 Å². The fourth-order valence-electron chi connectivity index (χ4n) is 7.05. The van der Waals surface area contributed by atoms with E-state index >= 15 is 0 Å². The maximum absolute atomic E-state index is 12.6. The summed E-state index contributed by atoms with van der Waals surface area (Å²) in [4.78, 5) is 73.1. The predicted octanol–water partition coefficient (Wildman–Crippen LogP) is -1.96. The molecule has 2 aliphatic rings. The number of nitrogens with one attached hydrogen (secondary N) is 3. The minimum absolute atomic E-state index is 0.0618. The van der Waals surface area contributed by atoms with Gasteiger partial charge in [0.15, 0.2) is 0 Å². The molecule has 1 saturated heterocycles. The Hall–Kier alpha value is -4.99. The molecule has 0 aliphatic carbocycles. The second kappa shape index (κ2) is 30.6. The van der Waals surface area contributed by atoms with Crippen molar-refractivity contribution in [1.82, 2.24) is 35.8 Å². The molecule has 384 valence electrons. The van der Waals surface area contributed by atoms with E-state index in [1.165, 1.54) is 12.2 Å². The summed E-state index contributed by atoms with van der Waals surface area (Å²) < 4.78 is 35.1. The maximum atomic E-state index is 12.6. The number of imide groups is 1. The van der Waals surface area contributed by atoms with Crippen LogP contribution in [-0.4, -0.2) is 203 Å². The van der Waals surface area contributed by atoms with E-state index in [9.17, 15) is 54.3 Å². The molecule has 0 spiro atoms. The van der Waals surface area contributed by atoms with Crippen LogP contribution in [0.25, 0.3) is 0 Å². The molecule has 0 unspecified atom stereocenters. The molecule has 0 saturated carbocycles. The number of aliphatic carboxylic acids is 1. The van der Waals surface area contributed by atoms with Gasteiger partial charge in [0.2, 0.25) is 17.7 Å². The molecule has 6 atom stereocenters. The number of hydrogen-bond acceptors (Lipinski definition) is 18. The van der Waals surface area contributed by atoms with Crippen molar-refractivity contribution >= 4 is 47.1 Å². The van der Waals surface area contributed by atoms with Crippen molar-refractivity contribution in [3.63, 3.8) is 0 Å². The number of aromatic nitrogens is 3. The van der Waals surface area contributed by atoms with E-state index in [0.29, 0.717) is 82.6 Å². The third-order valence-electron chi connectivity index (χ3n) is 10.7. The van der Waals surface area contributed by atoms with E-state index in [2.05, 4.69) is 26.3 Å². The number of halogens is 1. The molecule has 3 heterocycles. The standard InChI is InChI=1S/C44H64ClN7O17/c45-31-8-6-30(7-9-31)25-36(57)47-27-34(55)41(61)42-40(48-37(58)29-53)33(54)26-44(69-42,43(62)63)68-16-4-2-1-3-5-32-28-51(50-49-32)15-18-65-20-22-67-24-23-66-21-19-64-17-12-35(56)46-13-14-52-38(59)10-11-39(52)60/h6-11,28,33-34,40-42,53-55,61H,1-5,12-27,29H2,(H,46,56)(H,47,57)(H,48,58)(H,62,63)/t33-,34+,40+,41+,42+,44+/m0/s1. The number of carbonyl (C=O) groups excluding carboxylic acids is 5. The number of aliphatic hydroxyl groups excluding tert-OH is 4. The zero-order valence-corrected chi connectivity index (χ0v) is 39.0. The molecular weight excluding hydrogens is 934 g/mol. The highest BCUT2D eigenvalue weighted by atomic mass is 35.5. The summed E-state index contributed by atoms with van der Waals surface area (Å²) in [6.45, 7) is 1.93. The summed E-state index contributed by atoms with van der Waals surface area (Å²) in [6, 6.07) is 5.06. The second-order valence-electron chi connectivity index (χ2n) is 16.0. The fraction of sp³-hybridized carbons (Fsp3) is 0.636. The summed E-state index contributed by atoms with van der Waals surface area (Å²) in [7, 11) is 0. The van der Waals surface area contributed by atoms with Gasteiger partial charge in [0.05, 0.1) is 96.4 Å². The molecule has 1 fully saturated rings. The molecule has 5 amide bonds. The number of nitrogens with zero attached hydrogens (tertiary/aromatic N) is 4. The Morgan fingerprint density at radius 1 is 0.826 bits per heavy atom. The van der Waals surface area contributed by atoms with Gasteiger partial charge in [0.1, 0.15) is 18.8 Å². The molecule has 24 nitrogen and oxygen atoms in total. The Bertz CT molecular complexity index is 1940. The number of ether oxygens (including phenoxy) is 6. The van der Waals surface area contributed by atoms with E-state index < -0.39 is 85.4 Å². The van der Waals surface area contributed by atoms with E-state index in [0.717, 1.165) is 23.4 Å². The van der Waals surface area contributed by atoms with Crippen molar-refractivity contribution in [3.8, 4) is 0 Å². The lowest BCUT2D eigenvalue weighted by Crippen LogP contribution is -2.68. The first-order valence-electron chi connectivity index (χ1n) is 22.7. The highest BCUT2D eigenvalue weighted by molar-refractivity contribution is 6.30. The minimum atomic E-state index is -2.46. The molecule has 2 aromatic rings. The zero-order valence-electron chi connectivity index (χ0n) is 38.3. The largest absolute Gasteiger partial charge is 0.477 e. The van der Waals surface area contributed by atoms with Gasteiger partial charge in [-0.05, 0) is 37.0 Å². The predicted molar refractivity (Wildman–Crippen MR) is 240 cm³/mol. The number of aryl methyl sites for hydroxylation is 1. The Labute approximate surface area is 403 Å². The normalized spacial score (nSPS) is 20.0. The summed E-state index contributed by atoms with van der Waals surface area (Å²) >= 11 is 5.89. The molecule has 1 aromatic heterocycles. The van der Waals surface area contributed by atoms with Crippen LogP contribution >= 0.6 is 11.6 Å². The van der Waals surface area contributed by atoms with Gasteiger partial charge >= 0.3 is 5.97 Å². The number of amides is 5. The van der Waals surface area contributed by atoms with Gasteiger partial charge in [0, 0.05) is 55.8 Å². The van der Waals surface area contributed by atoms with Crippen LogP contribution in [0.2, 0.25) is 5.02 Å². The van der Waals surface area contributed by atoms with Crippen molar-refractivity contribution in [2.75, 3.05) is 85.7 Å². The Morgan fingerprint density at radius 3 is 2.12 bits per heavy atom. The number of carboxylic acid groups (broad SMARTS) is 1. The average Bonchev–Trinajstić information content (AvgIpc) is 3.92. The lowest BCUT2D eigenvalue weighted by Gasteiger charge is -2.46. The summed E-state index contributed by atoms with van der Waals surface area (Å²) in [5.74, 6) is -6.55. The third-order valence-corrected chi connectivity index (χ3v) is 11.0. The van der Waals surface area contributed by atoms with Gasteiger partial charge < -0.3 is 69.9 Å². The number of unbranched alkanes of at least 4 members (excludes halogenated alkanes) is 3. The van der Waals surface area contributed by atoms with Gasteiger partial charge in [-0.3, -0.25) is 28.9 Å². The summed E-state index contributed by atoms with van der Waals surface area (Å²) in [5, 5.41) is 68.8. The lowest BCUT2D eigenvalue weighted by atomic mass is 9.88. The van der Waals surface area contributed by atoms with Gasteiger partial charge in [-0.2, -0.15) is 0 Å².